The van der Waals surface area contributed by atoms with Crippen LogP contribution in [0.1, 0.15) is 43.9 Å². The predicted molar refractivity (Wildman–Crippen MR) is 124 cm³/mol. The van der Waals surface area contributed by atoms with Crippen LogP contribution in [0.5, 0.6) is 5.75 Å². The summed E-state index contributed by atoms with van der Waals surface area (Å²) >= 11 is 0. The average molecular weight is 495 g/mol. The van der Waals surface area contributed by atoms with E-state index in [1.54, 1.807) is 19.1 Å². The summed E-state index contributed by atoms with van der Waals surface area (Å²) in [6, 6.07) is 4.93. The summed E-state index contributed by atoms with van der Waals surface area (Å²) in [5, 5.41) is 48.8. The molecule has 0 spiro atoms. The summed E-state index contributed by atoms with van der Waals surface area (Å²) in [4.78, 5) is 23.5. The molecule has 0 saturated heterocycles. The molecule has 194 valence electrons. The van der Waals surface area contributed by atoms with Gasteiger partial charge >= 0.3 is 0 Å². The minimum Gasteiger partial charge on any atom is -0.484 e. The first-order valence-corrected chi connectivity index (χ1v) is 12.0. The quantitative estimate of drug-likeness (QED) is 0.249. The molecule has 1 aromatic heterocycles. The molecule has 10 nitrogen and oxygen atoms in total. The Labute approximate surface area is 202 Å². The van der Waals surface area contributed by atoms with Crippen LogP contribution in [-0.2, 0) is 16.2 Å². The molecule has 6 unspecified atom stereocenters. The summed E-state index contributed by atoms with van der Waals surface area (Å²) in [5.41, 5.74) is 0.320. The maximum atomic E-state index is 12.5. The highest BCUT2D eigenvalue weighted by atomic mass is 17.2. The summed E-state index contributed by atoms with van der Waals surface area (Å²) in [6.07, 6.45) is -2.81. The van der Waals surface area contributed by atoms with Gasteiger partial charge in [-0.25, -0.2) is 9.78 Å². The maximum absolute atomic E-state index is 12.5. The van der Waals surface area contributed by atoms with Crippen molar-refractivity contribution in [2.75, 3.05) is 13.2 Å². The molecule has 4 rings (SSSR count). The van der Waals surface area contributed by atoms with E-state index in [-0.39, 0.29) is 11.3 Å². The molecule has 6 atom stereocenters. The molecule has 0 amide bonds. The van der Waals surface area contributed by atoms with Gasteiger partial charge in [-0.1, -0.05) is 12.8 Å². The van der Waals surface area contributed by atoms with Crippen LogP contribution >= 0.6 is 0 Å². The van der Waals surface area contributed by atoms with Crippen LogP contribution < -0.4 is 10.2 Å². The normalized spacial score (nSPS) is 26.2. The van der Waals surface area contributed by atoms with E-state index in [1.165, 1.54) is 6.07 Å². The van der Waals surface area contributed by atoms with Crippen LogP contribution in [-0.4, -0.2) is 74.9 Å². The number of aliphatic hydroxyl groups is 5. The third kappa shape index (κ3) is 5.24. The third-order valence-electron chi connectivity index (χ3n) is 7.32. The Morgan fingerprint density at radius 3 is 2.46 bits per heavy atom. The van der Waals surface area contributed by atoms with E-state index < -0.39 is 49.3 Å². The van der Waals surface area contributed by atoms with Crippen molar-refractivity contribution in [3.63, 3.8) is 0 Å². The lowest BCUT2D eigenvalue weighted by molar-refractivity contribution is -0.364. The lowest BCUT2D eigenvalue weighted by Gasteiger charge is -2.45. The Hall–Kier alpha value is -2.05. The Bertz CT molecular complexity index is 1080. The van der Waals surface area contributed by atoms with Crippen molar-refractivity contribution in [3.05, 3.63) is 39.7 Å². The molecule has 0 radical (unpaired) electrons. The zero-order valence-electron chi connectivity index (χ0n) is 19.9. The second-order valence-electron chi connectivity index (χ2n) is 9.82. The van der Waals surface area contributed by atoms with Crippen molar-refractivity contribution in [1.82, 2.24) is 0 Å². The van der Waals surface area contributed by atoms with Gasteiger partial charge in [0.1, 0.15) is 59.8 Å². The van der Waals surface area contributed by atoms with Gasteiger partial charge in [0, 0.05) is 24.5 Å². The number of aliphatic hydroxyl groups excluding tert-OH is 5. The van der Waals surface area contributed by atoms with Crippen LogP contribution in [0.25, 0.3) is 11.0 Å². The molecule has 1 aliphatic heterocycles. The Kier molecular flexibility index (Phi) is 7.82. The molecule has 1 saturated carbocycles. The molecule has 35 heavy (non-hydrogen) atoms. The van der Waals surface area contributed by atoms with Gasteiger partial charge in [-0.15, -0.1) is 0 Å². The smallest absolute Gasteiger partial charge is 0.192 e. The topological polar surface area (TPSA) is 159 Å². The zero-order chi connectivity index (χ0) is 25.3. The second kappa shape index (κ2) is 10.5. The van der Waals surface area contributed by atoms with E-state index in [0.29, 0.717) is 28.9 Å². The molecule has 2 aromatic rings. The molecule has 2 aliphatic rings. The van der Waals surface area contributed by atoms with Crippen molar-refractivity contribution < 1.29 is 44.5 Å². The van der Waals surface area contributed by atoms with Crippen molar-refractivity contribution in [2.24, 2.45) is 5.92 Å². The Morgan fingerprint density at radius 1 is 1.09 bits per heavy atom. The van der Waals surface area contributed by atoms with Gasteiger partial charge in [0.05, 0.1) is 12.0 Å². The van der Waals surface area contributed by atoms with Gasteiger partial charge in [-0.3, -0.25) is 4.79 Å². The van der Waals surface area contributed by atoms with E-state index in [1.807, 2.05) is 6.92 Å². The molecule has 1 aliphatic carbocycles. The highest BCUT2D eigenvalue weighted by Crippen LogP contribution is 2.45. The van der Waals surface area contributed by atoms with E-state index in [2.05, 4.69) is 0 Å². The minimum atomic E-state index is -1.75. The molecule has 2 heterocycles. The molecule has 10 heteroatoms. The SMILES string of the molecule is Cc1cc(=O)c2cc3c(cc2o1)OC(C)(C1CCCC1)C(OOCC(O)C(O)C(O)C(O)CO)C3. The van der Waals surface area contributed by atoms with E-state index in [9.17, 15) is 25.2 Å². The first-order chi connectivity index (χ1) is 16.6. The standard InChI is InChI=1S/C25H34O10/c1-13-7-17(27)16-8-14-9-22(35-32-12-19(29)24(31)23(30)18(28)11-26)25(2,15-5-3-4-6-15)34-20(14)10-21(16)33-13/h7-8,10,15,18-19,22-24,26,28-31H,3-6,9,11-12H2,1-2H3. The van der Waals surface area contributed by atoms with E-state index in [0.717, 1.165) is 31.2 Å². The molecular weight excluding hydrogens is 460 g/mol. The number of aryl methyl sites for hydroxylation is 1. The van der Waals surface area contributed by atoms with Gasteiger partial charge < -0.3 is 34.7 Å². The van der Waals surface area contributed by atoms with Crippen LogP contribution in [0.3, 0.4) is 0 Å². The number of rotatable bonds is 9. The van der Waals surface area contributed by atoms with Crippen LogP contribution in [0.15, 0.2) is 27.4 Å². The van der Waals surface area contributed by atoms with Gasteiger partial charge in [0.15, 0.2) is 5.43 Å². The predicted octanol–water partition coefficient (Wildman–Crippen LogP) is 0.738. The van der Waals surface area contributed by atoms with Crippen LogP contribution in [0, 0.1) is 12.8 Å². The molecule has 0 bridgehead atoms. The van der Waals surface area contributed by atoms with Crippen molar-refractivity contribution >= 4 is 11.0 Å². The van der Waals surface area contributed by atoms with Gasteiger partial charge in [0.25, 0.3) is 0 Å². The maximum Gasteiger partial charge on any atom is 0.192 e. The minimum absolute atomic E-state index is 0.148. The number of ether oxygens (including phenoxy) is 1. The van der Waals surface area contributed by atoms with Crippen molar-refractivity contribution in [3.8, 4) is 5.75 Å². The number of hydrogen-bond donors (Lipinski definition) is 5. The molecule has 1 aromatic carbocycles. The summed E-state index contributed by atoms with van der Waals surface area (Å²) in [5.74, 6) is 1.34. The fourth-order valence-corrected chi connectivity index (χ4v) is 5.14. The Morgan fingerprint density at radius 2 is 1.77 bits per heavy atom. The van der Waals surface area contributed by atoms with Gasteiger partial charge in [-0.2, -0.15) is 0 Å². The lowest BCUT2D eigenvalue weighted by atomic mass is 9.78. The van der Waals surface area contributed by atoms with E-state index >= 15 is 0 Å². The first-order valence-electron chi connectivity index (χ1n) is 12.0. The number of hydrogen-bond acceptors (Lipinski definition) is 10. The molecule has 5 N–H and O–H groups in total. The molecule has 1 fully saturated rings. The highest BCUT2D eigenvalue weighted by Gasteiger charge is 2.49. The third-order valence-corrected chi connectivity index (χ3v) is 7.32. The molecular formula is C25H34O10. The second-order valence-corrected chi connectivity index (χ2v) is 9.82. The first kappa shape index (κ1) is 26.0. The summed E-state index contributed by atoms with van der Waals surface area (Å²) in [7, 11) is 0. The zero-order valence-corrected chi connectivity index (χ0v) is 19.9. The monoisotopic (exact) mass is 494 g/mol. The van der Waals surface area contributed by atoms with Crippen molar-refractivity contribution in [2.45, 2.75) is 82.1 Å². The highest BCUT2D eigenvalue weighted by molar-refractivity contribution is 5.79. The largest absolute Gasteiger partial charge is 0.484 e. The van der Waals surface area contributed by atoms with Crippen molar-refractivity contribution in [1.29, 1.82) is 0 Å². The Balaban J connectivity index is 1.54. The average Bonchev–Trinajstić information content (AvgIpc) is 3.38. The van der Waals surface area contributed by atoms with E-state index in [4.69, 9.17) is 24.0 Å². The van der Waals surface area contributed by atoms with Crippen LogP contribution in [0.2, 0.25) is 0 Å². The van der Waals surface area contributed by atoms with Gasteiger partial charge in [0.2, 0.25) is 0 Å². The lowest BCUT2D eigenvalue weighted by Crippen LogP contribution is -2.55. The number of benzene rings is 1. The fraction of sp³-hybridized carbons (Fsp3) is 0.640. The van der Waals surface area contributed by atoms with Crippen LogP contribution in [0.4, 0.5) is 0 Å². The summed E-state index contributed by atoms with van der Waals surface area (Å²) in [6.45, 7) is 2.43. The fourth-order valence-electron chi connectivity index (χ4n) is 5.14. The summed E-state index contributed by atoms with van der Waals surface area (Å²) < 4.78 is 12.3. The van der Waals surface area contributed by atoms with Gasteiger partial charge in [-0.05, 0) is 38.3 Å². The number of fused-ring (bicyclic) bond motifs is 2.